The van der Waals surface area contributed by atoms with Gasteiger partial charge in [0.1, 0.15) is 17.1 Å². The summed E-state index contributed by atoms with van der Waals surface area (Å²) in [5, 5.41) is 23.3. The maximum absolute atomic E-state index is 13.3. The van der Waals surface area contributed by atoms with Crippen LogP contribution in [0.15, 0.2) is 78.9 Å². The Hall–Kier alpha value is -3.59. The van der Waals surface area contributed by atoms with E-state index in [1.807, 2.05) is 30.3 Å². The number of nitrogens with two attached hydrogens (primary N) is 2. The van der Waals surface area contributed by atoms with E-state index in [1.165, 1.54) is 0 Å². The zero-order chi connectivity index (χ0) is 26.1. The highest BCUT2D eigenvalue weighted by atomic mass is 35.5. The van der Waals surface area contributed by atoms with Gasteiger partial charge in [-0.25, -0.2) is 0 Å². The third-order valence-electron chi connectivity index (χ3n) is 6.50. The largest absolute Gasteiger partial charge is 0.508 e. The van der Waals surface area contributed by atoms with E-state index in [-0.39, 0.29) is 48.9 Å². The Morgan fingerprint density at radius 1 is 0.868 bits per heavy atom. The lowest BCUT2D eigenvalue weighted by molar-refractivity contribution is -0.136. The molecule has 3 rings (SSSR count). The lowest BCUT2D eigenvalue weighted by atomic mass is 9.78. The van der Waals surface area contributed by atoms with Gasteiger partial charge in [-0.3, -0.25) is 20.3 Å². The van der Waals surface area contributed by atoms with Gasteiger partial charge in [-0.05, 0) is 41.7 Å². The maximum atomic E-state index is 13.3. The number of hydrogen-bond acceptors (Lipinski definition) is 5. The first-order valence-electron chi connectivity index (χ1n) is 11.8. The van der Waals surface area contributed by atoms with E-state index in [0.29, 0.717) is 24.9 Å². The number of nitrogen functional groups attached to an aromatic ring is 1. The Morgan fingerprint density at radius 2 is 1.42 bits per heavy atom. The van der Waals surface area contributed by atoms with Crippen molar-refractivity contribution in [2.45, 2.75) is 38.4 Å². The van der Waals surface area contributed by atoms with Crippen LogP contribution in [0.25, 0.3) is 0 Å². The Bertz CT molecular complexity index is 1190. The van der Waals surface area contributed by atoms with Gasteiger partial charge in [0.15, 0.2) is 0 Å². The predicted octanol–water partition coefficient (Wildman–Crippen LogP) is 3.42. The average Bonchev–Trinajstić information content (AvgIpc) is 2.88. The van der Waals surface area contributed by atoms with Crippen molar-refractivity contribution in [1.29, 1.82) is 5.41 Å². The summed E-state index contributed by atoms with van der Waals surface area (Å²) >= 11 is 0. The predicted molar refractivity (Wildman–Crippen MR) is 155 cm³/mol. The molecule has 204 valence electrons. The number of halogens is 2. The second kappa shape index (κ2) is 15.0. The fraction of sp³-hybridized carbons (Fsp3) is 0.250. The highest BCUT2D eigenvalue weighted by Crippen LogP contribution is 2.26. The SMILES string of the molecule is C[C@H](C(=O)NCc1ccc(C(=N)N)cc1)C(CCc1ccccc1)(NCc1ccc(O)cc1)C(N)=O.Cl.Cl. The van der Waals surface area contributed by atoms with Crippen LogP contribution in [0, 0.1) is 11.3 Å². The molecule has 0 heterocycles. The standard InChI is InChI=1S/C28H33N5O3.2ClH/c1-19(26(35)32-17-21-7-11-23(12-8-21)25(29)30)28(27(31)36,16-15-20-5-3-2-4-6-20)33-18-22-9-13-24(34)14-10-22;;/h2-14,19,33-34H,15-18H2,1H3,(H3,29,30)(H2,31,36)(H,32,35);2*1H/t19-,28?;;/m1../s1. The molecule has 3 aromatic carbocycles. The third-order valence-corrected chi connectivity index (χ3v) is 6.50. The van der Waals surface area contributed by atoms with E-state index < -0.39 is 17.4 Å². The Balaban J connectivity index is 0.00000361. The molecular weight excluding hydrogens is 525 g/mol. The van der Waals surface area contributed by atoms with E-state index in [0.717, 1.165) is 16.7 Å². The van der Waals surface area contributed by atoms with E-state index in [4.69, 9.17) is 16.9 Å². The number of carbonyl (C=O) groups is 2. The summed E-state index contributed by atoms with van der Waals surface area (Å²) in [6.07, 6.45) is 0.878. The summed E-state index contributed by atoms with van der Waals surface area (Å²) in [7, 11) is 0. The molecule has 0 fully saturated rings. The van der Waals surface area contributed by atoms with Crippen molar-refractivity contribution in [2.24, 2.45) is 17.4 Å². The van der Waals surface area contributed by atoms with Gasteiger partial charge >= 0.3 is 0 Å². The molecule has 38 heavy (non-hydrogen) atoms. The number of benzene rings is 3. The summed E-state index contributed by atoms with van der Waals surface area (Å²) in [6.45, 7) is 2.25. The monoisotopic (exact) mass is 559 g/mol. The number of phenols is 1. The molecule has 10 heteroatoms. The molecule has 1 unspecified atom stereocenters. The Labute approximate surface area is 235 Å². The summed E-state index contributed by atoms with van der Waals surface area (Å²) in [4.78, 5) is 26.2. The molecule has 0 aliphatic heterocycles. The maximum Gasteiger partial charge on any atom is 0.238 e. The summed E-state index contributed by atoms with van der Waals surface area (Å²) in [6, 6.07) is 23.4. The molecule has 0 aliphatic carbocycles. The van der Waals surface area contributed by atoms with Crippen LogP contribution in [0.5, 0.6) is 5.75 Å². The van der Waals surface area contributed by atoms with Crippen LogP contribution >= 0.6 is 24.8 Å². The van der Waals surface area contributed by atoms with Gasteiger partial charge in [0.05, 0.1) is 5.92 Å². The van der Waals surface area contributed by atoms with Crippen molar-refractivity contribution in [1.82, 2.24) is 10.6 Å². The second-order valence-corrected chi connectivity index (χ2v) is 8.89. The van der Waals surface area contributed by atoms with Crippen LogP contribution in [0.1, 0.15) is 35.6 Å². The van der Waals surface area contributed by atoms with Crippen molar-refractivity contribution in [3.05, 3.63) is 101 Å². The van der Waals surface area contributed by atoms with Gasteiger partial charge in [-0.1, -0.05) is 73.7 Å². The van der Waals surface area contributed by atoms with Crippen molar-refractivity contribution in [2.75, 3.05) is 0 Å². The molecule has 0 saturated heterocycles. The molecule has 0 aromatic heterocycles. The van der Waals surface area contributed by atoms with E-state index in [9.17, 15) is 14.7 Å². The molecule has 2 amide bonds. The molecule has 0 radical (unpaired) electrons. The number of aromatic hydroxyl groups is 1. The van der Waals surface area contributed by atoms with Gasteiger partial charge in [0, 0.05) is 18.7 Å². The molecule has 0 aliphatic rings. The lowest BCUT2D eigenvalue weighted by Gasteiger charge is -2.37. The molecule has 3 aromatic rings. The van der Waals surface area contributed by atoms with Crippen LogP contribution in [-0.4, -0.2) is 28.3 Å². The molecule has 8 N–H and O–H groups in total. The Morgan fingerprint density at radius 3 is 1.97 bits per heavy atom. The van der Waals surface area contributed by atoms with Crippen LogP contribution in [0.3, 0.4) is 0 Å². The minimum atomic E-state index is -1.31. The van der Waals surface area contributed by atoms with E-state index in [1.54, 1.807) is 55.5 Å². The van der Waals surface area contributed by atoms with Gasteiger partial charge < -0.3 is 21.9 Å². The van der Waals surface area contributed by atoms with Crippen molar-refractivity contribution in [3.8, 4) is 5.75 Å². The quantitative estimate of drug-likeness (QED) is 0.148. The number of phenolic OH excluding ortho intramolecular Hbond substituents is 1. The van der Waals surface area contributed by atoms with Crippen molar-refractivity contribution >= 4 is 42.5 Å². The number of amidine groups is 1. The number of nitrogens with one attached hydrogen (secondary N) is 3. The fourth-order valence-corrected chi connectivity index (χ4v) is 4.11. The highest BCUT2D eigenvalue weighted by Gasteiger charge is 2.44. The number of rotatable bonds is 12. The summed E-state index contributed by atoms with van der Waals surface area (Å²) in [5.41, 5.74) is 13.5. The lowest BCUT2D eigenvalue weighted by Crippen LogP contribution is -2.62. The molecule has 0 saturated carbocycles. The first-order chi connectivity index (χ1) is 17.2. The zero-order valence-corrected chi connectivity index (χ0v) is 22.8. The molecule has 0 spiro atoms. The van der Waals surface area contributed by atoms with Gasteiger partial charge in [-0.15, -0.1) is 24.8 Å². The van der Waals surface area contributed by atoms with E-state index in [2.05, 4.69) is 10.6 Å². The van der Waals surface area contributed by atoms with E-state index >= 15 is 0 Å². The average molecular weight is 561 g/mol. The second-order valence-electron chi connectivity index (χ2n) is 8.89. The molecule has 8 nitrogen and oxygen atoms in total. The van der Waals surface area contributed by atoms with Crippen molar-refractivity contribution in [3.63, 3.8) is 0 Å². The third kappa shape index (κ3) is 8.48. The normalized spacial score (nSPS) is 12.7. The fourth-order valence-electron chi connectivity index (χ4n) is 4.11. The number of aryl methyl sites for hydroxylation is 1. The van der Waals surface area contributed by atoms with Crippen LogP contribution in [-0.2, 0) is 29.1 Å². The molecule has 0 bridgehead atoms. The number of hydrogen-bond donors (Lipinski definition) is 6. The molecular formula is C28H35Cl2N5O3. The summed E-state index contributed by atoms with van der Waals surface area (Å²) < 4.78 is 0. The van der Waals surface area contributed by atoms with Gasteiger partial charge in [-0.2, -0.15) is 0 Å². The van der Waals surface area contributed by atoms with Gasteiger partial charge in [0.2, 0.25) is 11.8 Å². The smallest absolute Gasteiger partial charge is 0.238 e. The first kappa shape index (κ1) is 32.4. The minimum Gasteiger partial charge on any atom is -0.508 e. The zero-order valence-electron chi connectivity index (χ0n) is 21.1. The van der Waals surface area contributed by atoms with Crippen LogP contribution in [0.4, 0.5) is 0 Å². The molecule has 2 atom stereocenters. The number of primary amides is 1. The van der Waals surface area contributed by atoms with Crippen LogP contribution in [0.2, 0.25) is 0 Å². The minimum absolute atomic E-state index is 0. The van der Waals surface area contributed by atoms with Crippen molar-refractivity contribution < 1.29 is 14.7 Å². The number of carbonyl (C=O) groups excluding carboxylic acids is 2. The topological polar surface area (TPSA) is 154 Å². The first-order valence-corrected chi connectivity index (χ1v) is 11.8. The van der Waals surface area contributed by atoms with Gasteiger partial charge in [0.25, 0.3) is 0 Å². The summed E-state index contributed by atoms with van der Waals surface area (Å²) in [5.74, 6) is -1.56. The number of amides is 2. The highest BCUT2D eigenvalue weighted by molar-refractivity contribution is 5.95. The Kier molecular flexibility index (Phi) is 12.8. The van der Waals surface area contributed by atoms with Crippen LogP contribution < -0.4 is 22.1 Å².